The van der Waals surface area contributed by atoms with Crippen molar-refractivity contribution in [2.75, 3.05) is 23.3 Å². The summed E-state index contributed by atoms with van der Waals surface area (Å²) < 4.78 is 0. The number of nitrogens with one attached hydrogen (secondary N) is 1. The first-order chi connectivity index (χ1) is 11.8. The predicted octanol–water partition coefficient (Wildman–Crippen LogP) is 4.61. The van der Waals surface area contributed by atoms with E-state index in [1.165, 1.54) is 44.9 Å². The zero-order valence-electron chi connectivity index (χ0n) is 14.7. The highest BCUT2D eigenvalue weighted by Gasteiger charge is 2.21. The van der Waals surface area contributed by atoms with Gasteiger partial charge in [0.1, 0.15) is 5.82 Å². The van der Waals surface area contributed by atoms with Gasteiger partial charge in [0.15, 0.2) is 0 Å². The van der Waals surface area contributed by atoms with Crippen molar-refractivity contribution in [2.45, 2.75) is 57.9 Å². The number of rotatable bonds is 3. The lowest BCUT2D eigenvalue weighted by Gasteiger charge is -2.31. The van der Waals surface area contributed by atoms with Gasteiger partial charge in [-0.05, 0) is 43.7 Å². The Kier molecular flexibility index (Phi) is 4.54. The van der Waals surface area contributed by atoms with Crippen LogP contribution in [-0.2, 0) is 0 Å². The van der Waals surface area contributed by atoms with Crippen LogP contribution in [0.15, 0.2) is 24.3 Å². The summed E-state index contributed by atoms with van der Waals surface area (Å²) in [4.78, 5) is 12.2. The molecule has 2 heterocycles. The fourth-order valence-corrected chi connectivity index (χ4v) is 4.13. The minimum atomic E-state index is 0.560. The number of nitrogens with zero attached hydrogens (tertiary/aromatic N) is 3. The Bertz CT molecular complexity index is 693. The molecule has 0 amide bonds. The molecule has 1 aromatic heterocycles. The first-order valence-corrected chi connectivity index (χ1v) is 9.58. The van der Waals surface area contributed by atoms with Gasteiger partial charge in [-0.1, -0.05) is 38.3 Å². The van der Waals surface area contributed by atoms with E-state index in [1.54, 1.807) is 0 Å². The third-order valence-corrected chi connectivity index (χ3v) is 5.48. The van der Waals surface area contributed by atoms with Crippen molar-refractivity contribution in [2.24, 2.45) is 5.92 Å². The molecule has 1 unspecified atom stereocenters. The van der Waals surface area contributed by atoms with Crippen molar-refractivity contribution in [1.29, 1.82) is 0 Å². The van der Waals surface area contributed by atoms with Crippen LogP contribution in [0.4, 0.5) is 11.8 Å². The van der Waals surface area contributed by atoms with Crippen molar-refractivity contribution < 1.29 is 0 Å². The van der Waals surface area contributed by atoms with E-state index in [0.29, 0.717) is 6.04 Å². The number of aromatic nitrogens is 2. The minimum Gasteiger partial charge on any atom is -0.367 e. The summed E-state index contributed by atoms with van der Waals surface area (Å²) in [6.07, 6.45) is 9.11. The van der Waals surface area contributed by atoms with E-state index in [4.69, 9.17) is 9.97 Å². The summed E-state index contributed by atoms with van der Waals surface area (Å²) in [5, 5.41) is 4.89. The van der Waals surface area contributed by atoms with Crippen molar-refractivity contribution in [3.05, 3.63) is 24.3 Å². The average molecular weight is 324 g/mol. The molecular weight excluding hydrogens is 296 g/mol. The van der Waals surface area contributed by atoms with Gasteiger partial charge in [-0.3, -0.25) is 0 Å². The van der Waals surface area contributed by atoms with E-state index in [2.05, 4.69) is 41.4 Å². The molecule has 128 valence electrons. The third-order valence-electron chi connectivity index (χ3n) is 5.48. The molecule has 4 nitrogen and oxygen atoms in total. The molecule has 1 aromatic carbocycles. The number of benzene rings is 1. The maximum Gasteiger partial charge on any atom is 0.227 e. The molecule has 0 spiro atoms. The molecule has 1 N–H and O–H groups in total. The van der Waals surface area contributed by atoms with E-state index in [9.17, 15) is 0 Å². The van der Waals surface area contributed by atoms with Crippen molar-refractivity contribution >= 4 is 22.7 Å². The Hall–Kier alpha value is -1.84. The lowest BCUT2D eigenvalue weighted by atomic mass is 9.95. The van der Waals surface area contributed by atoms with Gasteiger partial charge in [0.05, 0.1) is 5.52 Å². The number of piperidine rings is 1. The average Bonchev–Trinajstić information content (AvgIpc) is 2.62. The first-order valence-electron chi connectivity index (χ1n) is 9.58. The molecule has 0 bridgehead atoms. The Morgan fingerprint density at radius 3 is 2.67 bits per heavy atom. The van der Waals surface area contributed by atoms with Crippen LogP contribution in [-0.4, -0.2) is 29.1 Å². The number of hydrogen-bond donors (Lipinski definition) is 1. The van der Waals surface area contributed by atoms with Crippen LogP contribution >= 0.6 is 0 Å². The van der Waals surface area contributed by atoms with E-state index in [1.807, 2.05) is 0 Å². The van der Waals surface area contributed by atoms with Crippen molar-refractivity contribution in [3.63, 3.8) is 0 Å². The van der Waals surface area contributed by atoms with E-state index < -0.39 is 0 Å². The molecule has 2 aromatic rings. The molecule has 1 aliphatic heterocycles. The predicted molar refractivity (Wildman–Crippen MR) is 101 cm³/mol. The van der Waals surface area contributed by atoms with Gasteiger partial charge < -0.3 is 10.2 Å². The van der Waals surface area contributed by atoms with Crippen LogP contribution in [0, 0.1) is 5.92 Å². The summed E-state index contributed by atoms with van der Waals surface area (Å²) in [6, 6.07) is 8.97. The number of fused-ring (bicyclic) bond motifs is 1. The van der Waals surface area contributed by atoms with Gasteiger partial charge >= 0.3 is 0 Å². The Morgan fingerprint density at radius 2 is 1.83 bits per heavy atom. The van der Waals surface area contributed by atoms with Crippen LogP contribution in [0.1, 0.15) is 51.9 Å². The summed E-state index contributed by atoms with van der Waals surface area (Å²) >= 11 is 0. The Morgan fingerprint density at radius 1 is 1.00 bits per heavy atom. The molecule has 4 rings (SSSR count). The monoisotopic (exact) mass is 324 g/mol. The van der Waals surface area contributed by atoms with Crippen LogP contribution in [0.3, 0.4) is 0 Å². The second-order valence-corrected chi connectivity index (χ2v) is 7.56. The van der Waals surface area contributed by atoms with Gasteiger partial charge in [-0.15, -0.1) is 0 Å². The quantitative estimate of drug-likeness (QED) is 0.895. The molecule has 1 saturated heterocycles. The van der Waals surface area contributed by atoms with E-state index in [0.717, 1.165) is 41.7 Å². The molecule has 1 aliphatic carbocycles. The number of para-hydroxylation sites is 1. The molecule has 1 atom stereocenters. The van der Waals surface area contributed by atoms with Crippen molar-refractivity contribution in [1.82, 2.24) is 9.97 Å². The normalized spacial score (nSPS) is 22.7. The second kappa shape index (κ2) is 6.96. The van der Waals surface area contributed by atoms with E-state index >= 15 is 0 Å². The molecule has 24 heavy (non-hydrogen) atoms. The maximum absolute atomic E-state index is 4.96. The molecule has 2 fully saturated rings. The summed E-state index contributed by atoms with van der Waals surface area (Å²) in [6.45, 7) is 4.47. The van der Waals surface area contributed by atoms with Crippen LogP contribution in [0.5, 0.6) is 0 Å². The van der Waals surface area contributed by atoms with Gasteiger partial charge in [-0.25, -0.2) is 4.98 Å². The third kappa shape index (κ3) is 3.33. The topological polar surface area (TPSA) is 41.1 Å². The van der Waals surface area contributed by atoms with Gasteiger partial charge in [0.25, 0.3) is 0 Å². The fourth-order valence-electron chi connectivity index (χ4n) is 4.13. The number of hydrogen-bond acceptors (Lipinski definition) is 4. The first kappa shape index (κ1) is 15.7. The van der Waals surface area contributed by atoms with Crippen LogP contribution in [0.25, 0.3) is 10.9 Å². The minimum absolute atomic E-state index is 0.560. The second-order valence-electron chi connectivity index (χ2n) is 7.56. The maximum atomic E-state index is 4.96. The lowest BCUT2D eigenvalue weighted by molar-refractivity contribution is 0.442. The highest BCUT2D eigenvalue weighted by atomic mass is 15.3. The van der Waals surface area contributed by atoms with Gasteiger partial charge in [0, 0.05) is 24.5 Å². The highest BCUT2D eigenvalue weighted by Crippen LogP contribution is 2.28. The largest absolute Gasteiger partial charge is 0.367 e. The zero-order valence-corrected chi connectivity index (χ0v) is 14.7. The van der Waals surface area contributed by atoms with E-state index in [-0.39, 0.29) is 0 Å². The molecule has 1 saturated carbocycles. The SMILES string of the molecule is CC1CCCN(c2nc(NC3CCCCC3)c3ccccc3n2)C1. The molecular formula is C20H28N4. The fraction of sp³-hybridized carbons (Fsp3) is 0.600. The van der Waals surface area contributed by atoms with Crippen LogP contribution in [0.2, 0.25) is 0 Å². The van der Waals surface area contributed by atoms with Crippen LogP contribution < -0.4 is 10.2 Å². The van der Waals surface area contributed by atoms with Gasteiger partial charge in [0.2, 0.25) is 5.95 Å². The van der Waals surface area contributed by atoms with Gasteiger partial charge in [-0.2, -0.15) is 4.98 Å². The Labute approximate surface area is 144 Å². The Balaban J connectivity index is 1.67. The number of anilines is 2. The lowest BCUT2D eigenvalue weighted by Crippen LogP contribution is -2.35. The highest BCUT2D eigenvalue weighted by molar-refractivity contribution is 5.90. The zero-order chi connectivity index (χ0) is 16.4. The molecule has 2 aliphatic rings. The summed E-state index contributed by atoms with van der Waals surface area (Å²) in [5.74, 6) is 2.66. The standard InChI is InChI=1S/C20H28N4/c1-15-8-7-13-24(14-15)20-22-18-12-6-5-11-17(18)19(23-20)21-16-9-3-2-4-10-16/h5-6,11-12,15-16H,2-4,7-10,13-14H2,1H3,(H,21,22,23). The summed E-state index contributed by atoms with van der Waals surface area (Å²) in [7, 11) is 0. The molecule has 4 heteroatoms. The smallest absolute Gasteiger partial charge is 0.227 e. The summed E-state index contributed by atoms with van der Waals surface area (Å²) in [5.41, 5.74) is 1.05. The van der Waals surface area contributed by atoms with Crippen molar-refractivity contribution in [3.8, 4) is 0 Å². The molecule has 0 radical (unpaired) electrons.